The molecule has 0 radical (unpaired) electrons. The van der Waals surface area contributed by atoms with Gasteiger partial charge in [-0.25, -0.2) is 0 Å². The monoisotopic (exact) mass is 271 g/mol. The van der Waals surface area contributed by atoms with E-state index in [9.17, 15) is 8.42 Å². The van der Waals surface area contributed by atoms with Gasteiger partial charge in [0, 0.05) is 19.1 Å². The van der Waals surface area contributed by atoms with Gasteiger partial charge in [-0.15, -0.1) is 0 Å². The number of nitrogens with two attached hydrogens (primary N) is 1. The van der Waals surface area contributed by atoms with Gasteiger partial charge in [0.15, 0.2) is 0 Å². The summed E-state index contributed by atoms with van der Waals surface area (Å²) in [5, 5.41) is 0. The number of para-hydroxylation sites is 1. The second kappa shape index (κ2) is 6.17. The van der Waals surface area contributed by atoms with Crippen LogP contribution >= 0.6 is 0 Å². The lowest BCUT2D eigenvalue weighted by molar-refractivity contribution is 0.449. The minimum atomic E-state index is -3.50. The normalized spacial score (nSPS) is 13.6. The highest BCUT2D eigenvalue weighted by Crippen LogP contribution is 2.22. The van der Waals surface area contributed by atoms with E-state index in [1.54, 1.807) is 26.0 Å². The number of rotatable bonds is 6. The fraction of sp³-hybridized carbons (Fsp3) is 0.500. The van der Waals surface area contributed by atoms with Crippen LogP contribution in [0.15, 0.2) is 24.3 Å². The number of anilines is 1. The predicted molar refractivity (Wildman–Crippen MR) is 74.5 cm³/mol. The first kappa shape index (κ1) is 14.9. The van der Waals surface area contributed by atoms with Crippen molar-refractivity contribution in [2.75, 3.05) is 17.8 Å². The van der Waals surface area contributed by atoms with Crippen molar-refractivity contribution < 1.29 is 8.42 Å². The number of hydrogen-bond acceptors (Lipinski definition) is 3. The van der Waals surface area contributed by atoms with Crippen LogP contribution < -0.4 is 10.5 Å². The second-order valence-electron chi connectivity index (χ2n) is 4.07. The average molecular weight is 271 g/mol. The molecule has 1 aromatic carbocycles. The molecule has 0 spiro atoms. The van der Waals surface area contributed by atoms with E-state index < -0.39 is 10.2 Å². The van der Waals surface area contributed by atoms with E-state index in [2.05, 4.69) is 4.72 Å². The maximum atomic E-state index is 12.1. The summed E-state index contributed by atoms with van der Waals surface area (Å²) in [6.45, 7) is 6.31. The summed E-state index contributed by atoms with van der Waals surface area (Å²) in [5.74, 6) is 0. The van der Waals surface area contributed by atoms with Crippen molar-refractivity contribution >= 4 is 15.9 Å². The van der Waals surface area contributed by atoms with Crippen LogP contribution in [0, 0.1) is 0 Å². The molecule has 0 aliphatic rings. The molecule has 3 N–H and O–H groups in total. The third kappa shape index (κ3) is 3.44. The Hall–Kier alpha value is -1.11. The molecule has 0 saturated heterocycles. The maximum Gasteiger partial charge on any atom is 0.301 e. The quantitative estimate of drug-likeness (QED) is 0.827. The second-order valence-corrected chi connectivity index (χ2v) is 5.74. The Bertz CT molecular complexity index is 482. The van der Waals surface area contributed by atoms with Crippen LogP contribution in [0.25, 0.3) is 0 Å². The van der Waals surface area contributed by atoms with E-state index in [1.807, 2.05) is 19.1 Å². The summed E-state index contributed by atoms with van der Waals surface area (Å²) in [7, 11) is -3.50. The molecule has 0 aliphatic carbocycles. The largest absolute Gasteiger partial charge is 0.324 e. The first-order chi connectivity index (χ1) is 8.42. The molecule has 5 nitrogen and oxygen atoms in total. The standard InChI is InChI=1S/C12H21N3O2S/c1-4-15(5-2)18(16,17)14-12-9-7-6-8-11(12)10(3)13/h6-10,14H,4-5,13H2,1-3H3. The van der Waals surface area contributed by atoms with Crippen LogP contribution in [-0.2, 0) is 10.2 Å². The molecular weight excluding hydrogens is 250 g/mol. The molecule has 0 aromatic heterocycles. The third-order valence-electron chi connectivity index (χ3n) is 2.74. The fourth-order valence-corrected chi connectivity index (χ4v) is 3.03. The molecule has 1 aromatic rings. The van der Waals surface area contributed by atoms with E-state index in [0.29, 0.717) is 18.8 Å². The van der Waals surface area contributed by atoms with Gasteiger partial charge in [-0.05, 0) is 18.6 Å². The molecule has 1 unspecified atom stereocenters. The zero-order valence-electron chi connectivity index (χ0n) is 11.1. The van der Waals surface area contributed by atoms with Gasteiger partial charge < -0.3 is 5.73 Å². The van der Waals surface area contributed by atoms with Gasteiger partial charge in [0.05, 0.1) is 5.69 Å². The Kier molecular flexibility index (Phi) is 5.13. The fourth-order valence-electron chi connectivity index (χ4n) is 1.75. The van der Waals surface area contributed by atoms with Crippen molar-refractivity contribution in [3.63, 3.8) is 0 Å². The Labute approximate surface area is 109 Å². The summed E-state index contributed by atoms with van der Waals surface area (Å²) in [6, 6.07) is 6.95. The molecule has 1 rings (SSSR count). The highest BCUT2D eigenvalue weighted by molar-refractivity contribution is 7.90. The van der Waals surface area contributed by atoms with Crippen LogP contribution in [0.4, 0.5) is 5.69 Å². The smallest absolute Gasteiger partial charge is 0.301 e. The first-order valence-corrected chi connectivity index (χ1v) is 7.48. The molecule has 6 heteroatoms. The highest BCUT2D eigenvalue weighted by atomic mass is 32.2. The summed E-state index contributed by atoms with van der Waals surface area (Å²) >= 11 is 0. The zero-order chi connectivity index (χ0) is 13.8. The van der Waals surface area contributed by atoms with E-state index >= 15 is 0 Å². The van der Waals surface area contributed by atoms with Crippen LogP contribution in [0.5, 0.6) is 0 Å². The van der Waals surface area contributed by atoms with E-state index in [-0.39, 0.29) is 6.04 Å². The number of hydrogen-bond donors (Lipinski definition) is 2. The molecule has 0 aliphatic heterocycles. The maximum absolute atomic E-state index is 12.1. The van der Waals surface area contributed by atoms with E-state index in [0.717, 1.165) is 5.56 Å². The Morgan fingerprint density at radius 3 is 2.33 bits per heavy atom. The van der Waals surface area contributed by atoms with E-state index in [1.165, 1.54) is 4.31 Å². The van der Waals surface area contributed by atoms with Gasteiger partial charge in [-0.2, -0.15) is 12.7 Å². The Morgan fingerprint density at radius 2 is 1.83 bits per heavy atom. The predicted octanol–water partition coefficient (Wildman–Crippen LogP) is 1.70. The molecule has 0 saturated carbocycles. The van der Waals surface area contributed by atoms with E-state index in [4.69, 9.17) is 5.73 Å². The summed E-state index contributed by atoms with van der Waals surface area (Å²) < 4.78 is 28.2. The summed E-state index contributed by atoms with van der Waals surface area (Å²) in [4.78, 5) is 0. The van der Waals surface area contributed by atoms with Gasteiger partial charge in [-0.3, -0.25) is 4.72 Å². The van der Waals surface area contributed by atoms with Crippen LogP contribution in [0.2, 0.25) is 0 Å². The lowest BCUT2D eigenvalue weighted by Crippen LogP contribution is -2.35. The van der Waals surface area contributed by atoms with Gasteiger partial charge in [0.25, 0.3) is 0 Å². The first-order valence-electron chi connectivity index (χ1n) is 6.04. The van der Waals surface area contributed by atoms with Crippen LogP contribution in [0.1, 0.15) is 32.4 Å². The van der Waals surface area contributed by atoms with Crippen LogP contribution in [0.3, 0.4) is 0 Å². The third-order valence-corrected chi connectivity index (χ3v) is 4.41. The molecule has 18 heavy (non-hydrogen) atoms. The number of nitrogens with one attached hydrogen (secondary N) is 1. The van der Waals surface area contributed by atoms with Gasteiger partial charge >= 0.3 is 10.2 Å². The Morgan fingerprint density at radius 1 is 1.28 bits per heavy atom. The van der Waals surface area contributed by atoms with Crippen molar-refractivity contribution in [1.29, 1.82) is 0 Å². The van der Waals surface area contributed by atoms with Crippen molar-refractivity contribution in [2.45, 2.75) is 26.8 Å². The lowest BCUT2D eigenvalue weighted by atomic mass is 10.1. The highest BCUT2D eigenvalue weighted by Gasteiger charge is 2.20. The summed E-state index contributed by atoms with van der Waals surface area (Å²) in [6.07, 6.45) is 0. The van der Waals surface area contributed by atoms with Crippen molar-refractivity contribution in [1.82, 2.24) is 4.31 Å². The average Bonchev–Trinajstić information content (AvgIpc) is 2.29. The lowest BCUT2D eigenvalue weighted by Gasteiger charge is -2.21. The minimum absolute atomic E-state index is 0.222. The van der Waals surface area contributed by atoms with Gasteiger partial charge in [0.2, 0.25) is 0 Å². The molecular formula is C12H21N3O2S. The molecule has 0 fully saturated rings. The van der Waals surface area contributed by atoms with Crippen molar-refractivity contribution in [3.05, 3.63) is 29.8 Å². The molecule has 0 amide bonds. The topological polar surface area (TPSA) is 75.4 Å². The van der Waals surface area contributed by atoms with Crippen LogP contribution in [-0.4, -0.2) is 25.8 Å². The Balaban J connectivity index is 3.04. The molecule has 1 atom stereocenters. The minimum Gasteiger partial charge on any atom is -0.324 e. The SMILES string of the molecule is CCN(CC)S(=O)(=O)Nc1ccccc1C(C)N. The van der Waals surface area contributed by atoms with Gasteiger partial charge in [-0.1, -0.05) is 32.0 Å². The molecule has 0 bridgehead atoms. The molecule has 102 valence electrons. The van der Waals surface area contributed by atoms with Crippen molar-refractivity contribution in [3.8, 4) is 0 Å². The zero-order valence-corrected chi connectivity index (χ0v) is 11.9. The molecule has 0 heterocycles. The number of nitrogens with zero attached hydrogens (tertiary/aromatic N) is 1. The van der Waals surface area contributed by atoms with Gasteiger partial charge in [0.1, 0.15) is 0 Å². The summed E-state index contributed by atoms with van der Waals surface area (Å²) in [5.41, 5.74) is 7.15. The van der Waals surface area contributed by atoms with Crippen molar-refractivity contribution in [2.24, 2.45) is 5.73 Å². The number of benzene rings is 1.